The van der Waals surface area contributed by atoms with E-state index in [2.05, 4.69) is 9.71 Å². The molecule has 0 saturated carbocycles. The minimum absolute atomic E-state index is 0.131. The number of fused-ring (bicyclic) bond motifs is 1. The molecule has 2 aromatic carbocycles. The second kappa shape index (κ2) is 8.02. The Hall–Kier alpha value is -3.01. The summed E-state index contributed by atoms with van der Waals surface area (Å²) in [7, 11) is -3.88. The summed E-state index contributed by atoms with van der Waals surface area (Å²) in [5.74, 6) is -0.131. The molecule has 0 saturated heterocycles. The highest BCUT2D eigenvalue weighted by Crippen LogP contribution is 2.35. The topological polar surface area (TPSA) is 115 Å². The average Bonchev–Trinajstić information content (AvgIpc) is 3.22. The molecule has 1 unspecified atom stereocenters. The summed E-state index contributed by atoms with van der Waals surface area (Å²) in [6, 6.07) is 14.3. The van der Waals surface area contributed by atoms with Crippen molar-refractivity contribution in [3.63, 3.8) is 0 Å². The minimum atomic E-state index is -3.88. The van der Waals surface area contributed by atoms with Crippen LogP contribution in [0.15, 0.2) is 69.5 Å². The van der Waals surface area contributed by atoms with E-state index in [0.29, 0.717) is 17.7 Å². The third-order valence-corrected chi connectivity index (χ3v) is 6.17. The van der Waals surface area contributed by atoms with E-state index in [1.165, 1.54) is 17.4 Å². The Morgan fingerprint density at radius 1 is 1.20 bits per heavy atom. The summed E-state index contributed by atoms with van der Waals surface area (Å²) in [5.41, 5.74) is 4.81. The van der Waals surface area contributed by atoms with Gasteiger partial charge in [0.15, 0.2) is 0 Å². The van der Waals surface area contributed by atoms with Gasteiger partial charge in [0.2, 0.25) is 0 Å². The molecule has 7 nitrogen and oxygen atoms in total. The fraction of sp³-hybridized carbons (Fsp3) is 0.143. The molecule has 4 aromatic rings. The first-order chi connectivity index (χ1) is 14.3. The summed E-state index contributed by atoms with van der Waals surface area (Å²) in [4.78, 5) is 17.4. The van der Waals surface area contributed by atoms with Crippen LogP contribution >= 0.6 is 11.3 Å². The zero-order valence-electron chi connectivity index (χ0n) is 16.0. The van der Waals surface area contributed by atoms with E-state index >= 15 is 0 Å². The molecule has 0 aliphatic rings. The van der Waals surface area contributed by atoms with Crippen molar-refractivity contribution in [3.05, 3.63) is 81.8 Å². The highest BCUT2D eigenvalue weighted by atomic mass is 32.2. The molecule has 1 atom stereocenters. The Balaban J connectivity index is 1.83. The normalized spacial score (nSPS) is 12.7. The smallest absolute Gasteiger partial charge is 0.336 e. The highest BCUT2D eigenvalue weighted by molar-refractivity contribution is 7.90. The molecule has 0 fully saturated rings. The van der Waals surface area contributed by atoms with Gasteiger partial charge in [-0.2, -0.15) is 8.42 Å². The fourth-order valence-electron chi connectivity index (χ4n) is 3.61. The van der Waals surface area contributed by atoms with Crippen molar-refractivity contribution in [1.29, 1.82) is 0 Å². The average molecular weight is 442 g/mol. The molecule has 2 aromatic heterocycles. The Kier molecular flexibility index (Phi) is 5.42. The second-order valence-electron chi connectivity index (χ2n) is 6.83. The molecule has 154 valence electrons. The van der Waals surface area contributed by atoms with Gasteiger partial charge in [0.05, 0.1) is 16.1 Å². The molecule has 30 heavy (non-hydrogen) atoms. The molecule has 3 N–H and O–H groups in total. The molecule has 0 aliphatic heterocycles. The molecule has 9 heteroatoms. The number of nitrogens with zero attached hydrogens (tertiary/aromatic N) is 1. The van der Waals surface area contributed by atoms with Crippen LogP contribution in [0.4, 0.5) is 5.69 Å². The lowest BCUT2D eigenvalue weighted by molar-refractivity contribution is 0.557. The number of hydrogen-bond acceptors (Lipinski definition) is 6. The lowest BCUT2D eigenvalue weighted by atomic mass is 9.87. The first kappa shape index (κ1) is 20.3. The van der Waals surface area contributed by atoms with Crippen LogP contribution in [0.5, 0.6) is 0 Å². The van der Waals surface area contributed by atoms with Crippen molar-refractivity contribution >= 4 is 38.2 Å². The van der Waals surface area contributed by atoms with E-state index in [-0.39, 0.29) is 5.92 Å². The third kappa shape index (κ3) is 4.28. The minimum Gasteiger partial charge on any atom is -0.423 e. The van der Waals surface area contributed by atoms with E-state index in [1.54, 1.807) is 29.9 Å². The zero-order valence-corrected chi connectivity index (χ0v) is 17.7. The third-order valence-electron chi connectivity index (χ3n) is 4.83. The maximum Gasteiger partial charge on any atom is 0.336 e. The lowest BCUT2D eigenvalue weighted by Gasteiger charge is -2.18. The van der Waals surface area contributed by atoms with Gasteiger partial charge in [-0.3, -0.25) is 9.71 Å². The van der Waals surface area contributed by atoms with Gasteiger partial charge in [0.25, 0.3) is 10.2 Å². The maximum atomic E-state index is 12.3. The Bertz CT molecular complexity index is 1360. The van der Waals surface area contributed by atoms with Gasteiger partial charge in [0.1, 0.15) is 5.58 Å². The van der Waals surface area contributed by atoms with Crippen LogP contribution in [-0.2, 0) is 10.2 Å². The first-order valence-corrected chi connectivity index (χ1v) is 11.6. The van der Waals surface area contributed by atoms with Crippen molar-refractivity contribution in [3.8, 4) is 10.4 Å². The zero-order chi connectivity index (χ0) is 21.3. The van der Waals surface area contributed by atoms with Gasteiger partial charge in [0, 0.05) is 23.6 Å². The Labute approximate surface area is 177 Å². The number of nitrogens with one attached hydrogen (secondary N) is 1. The number of anilines is 1. The summed E-state index contributed by atoms with van der Waals surface area (Å²) in [6.45, 7) is 2.01. The summed E-state index contributed by atoms with van der Waals surface area (Å²) in [6.07, 6.45) is 2.47. The van der Waals surface area contributed by atoms with E-state index < -0.39 is 15.8 Å². The lowest BCUT2D eigenvalue weighted by Crippen LogP contribution is -2.21. The van der Waals surface area contributed by atoms with Gasteiger partial charge in [-0.1, -0.05) is 31.2 Å². The van der Waals surface area contributed by atoms with E-state index in [4.69, 9.17) is 9.56 Å². The van der Waals surface area contributed by atoms with E-state index in [1.807, 2.05) is 31.2 Å². The standard InChI is InChI=1S/C21H19N3O4S2/c1-2-16(13-4-3-5-15(8-13)24-30(22,26)27)18-10-21(25)28-19-9-14(6-7-17(18)19)20-11-23-12-29-20/h3-12,16,24H,2H2,1H3,(H2,22,26,27). The predicted molar refractivity (Wildman–Crippen MR) is 119 cm³/mol. The van der Waals surface area contributed by atoms with Gasteiger partial charge in [-0.05, 0) is 41.3 Å². The van der Waals surface area contributed by atoms with Crippen molar-refractivity contribution in [2.24, 2.45) is 5.14 Å². The molecular weight excluding hydrogens is 422 g/mol. The second-order valence-corrected chi connectivity index (χ2v) is 9.01. The van der Waals surface area contributed by atoms with E-state index in [9.17, 15) is 13.2 Å². The van der Waals surface area contributed by atoms with Crippen LogP contribution < -0.4 is 15.5 Å². The quantitative estimate of drug-likeness (QED) is 0.438. The number of rotatable bonds is 6. The number of thiazole rings is 1. The Morgan fingerprint density at radius 2 is 2.03 bits per heavy atom. The van der Waals surface area contributed by atoms with Gasteiger partial charge < -0.3 is 4.42 Å². The number of hydrogen-bond donors (Lipinski definition) is 2. The maximum absolute atomic E-state index is 12.3. The van der Waals surface area contributed by atoms with Gasteiger partial charge in [-0.15, -0.1) is 11.3 Å². The number of benzene rings is 2. The van der Waals surface area contributed by atoms with E-state index in [0.717, 1.165) is 27.0 Å². The first-order valence-electron chi connectivity index (χ1n) is 9.21. The van der Waals surface area contributed by atoms with Crippen molar-refractivity contribution in [2.45, 2.75) is 19.3 Å². The van der Waals surface area contributed by atoms with Crippen molar-refractivity contribution < 1.29 is 12.8 Å². The Morgan fingerprint density at radius 3 is 2.73 bits per heavy atom. The molecule has 0 spiro atoms. The number of aromatic nitrogens is 1. The monoisotopic (exact) mass is 441 g/mol. The molecular formula is C21H19N3O4S2. The fourth-order valence-corrected chi connectivity index (χ4v) is 4.68. The van der Waals surface area contributed by atoms with Crippen LogP contribution in [-0.4, -0.2) is 13.4 Å². The largest absolute Gasteiger partial charge is 0.423 e. The summed E-state index contributed by atoms with van der Waals surface area (Å²) < 4.78 is 30.5. The van der Waals surface area contributed by atoms with Crippen LogP contribution in [0.2, 0.25) is 0 Å². The molecule has 0 radical (unpaired) electrons. The molecule has 4 rings (SSSR count). The van der Waals surface area contributed by atoms with Crippen molar-refractivity contribution in [1.82, 2.24) is 4.98 Å². The molecule has 2 heterocycles. The highest BCUT2D eigenvalue weighted by Gasteiger charge is 2.18. The van der Waals surface area contributed by atoms with Crippen LogP contribution in [0.3, 0.4) is 0 Å². The van der Waals surface area contributed by atoms with Gasteiger partial charge in [-0.25, -0.2) is 9.93 Å². The number of nitrogens with two attached hydrogens (primary N) is 1. The van der Waals surface area contributed by atoms with Crippen LogP contribution in [0.1, 0.15) is 30.4 Å². The summed E-state index contributed by atoms with van der Waals surface area (Å²) >= 11 is 1.51. The molecule has 0 aliphatic carbocycles. The van der Waals surface area contributed by atoms with Crippen molar-refractivity contribution in [2.75, 3.05) is 4.72 Å². The molecule has 0 amide bonds. The predicted octanol–water partition coefficient (Wildman–Crippen LogP) is 4.07. The molecule has 0 bridgehead atoms. The van der Waals surface area contributed by atoms with Crippen LogP contribution in [0.25, 0.3) is 21.4 Å². The SMILES string of the molecule is CCC(c1cccc(NS(N)(=O)=O)c1)c1cc(=O)oc2cc(-c3cncs3)ccc12. The summed E-state index contributed by atoms with van der Waals surface area (Å²) in [5, 5.41) is 5.92. The van der Waals surface area contributed by atoms with Gasteiger partial charge >= 0.3 is 5.63 Å². The van der Waals surface area contributed by atoms with Crippen LogP contribution in [0, 0.1) is 0 Å².